The predicted molar refractivity (Wildman–Crippen MR) is 123 cm³/mol. The van der Waals surface area contributed by atoms with E-state index in [4.69, 9.17) is 9.47 Å². The van der Waals surface area contributed by atoms with E-state index in [0.717, 1.165) is 11.3 Å². The maximum absolute atomic E-state index is 13.6. The van der Waals surface area contributed by atoms with Crippen LogP contribution in [0.4, 0.5) is 18.0 Å². The van der Waals surface area contributed by atoms with E-state index < -0.39 is 29.5 Å². The highest BCUT2D eigenvalue weighted by atomic mass is 19.4. The first-order chi connectivity index (χ1) is 16.5. The monoisotopic (exact) mass is 495 g/mol. The first kappa shape index (κ1) is 25.2. The van der Waals surface area contributed by atoms with Gasteiger partial charge in [-0.2, -0.15) is 13.2 Å². The molecule has 3 aliphatic rings. The Hall–Kier alpha value is -2.91. The molecule has 2 fully saturated rings. The molecule has 4 rings (SSSR count). The predicted octanol–water partition coefficient (Wildman–Crippen LogP) is 4.36. The van der Waals surface area contributed by atoms with Crippen LogP contribution in [0.3, 0.4) is 0 Å². The Morgan fingerprint density at radius 3 is 2.37 bits per heavy atom. The fourth-order valence-corrected chi connectivity index (χ4v) is 5.74. The van der Waals surface area contributed by atoms with Crippen LogP contribution in [0.1, 0.15) is 49.0 Å². The number of carbonyl (C=O) groups excluding carboxylic acids is 2. The highest BCUT2D eigenvalue weighted by molar-refractivity contribution is 5.94. The molecular formula is C25H32F3N3O4. The SMILES string of the molecule is COC(=O)N1CCN2C(C(F)(F)F)=CCC2C12CCN(C(=O)c1ccc(OC(C)C)c(C)c1)CC2. The smallest absolute Gasteiger partial charge is 0.430 e. The second-order valence-electron chi connectivity index (χ2n) is 9.70. The van der Waals surface area contributed by atoms with E-state index in [0.29, 0.717) is 31.5 Å². The van der Waals surface area contributed by atoms with Gasteiger partial charge in [-0.05, 0) is 63.8 Å². The number of carbonyl (C=O) groups is 2. The molecule has 0 aromatic heterocycles. The number of fused-ring (bicyclic) bond motifs is 2. The molecule has 1 spiro atoms. The molecule has 0 radical (unpaired) electrons. The number of amides is 2. The van der Waals surface area contributed by atoms with Crippen molar-refractivity contribution in [2.45, 2.75) is 63.9 Å². The first-order valence-corrected chi connectivity index (χ1v) is 11.9. The molecule has 0 saturated carbocycles. The average Bonchev–Trinajstić information content (AvgIpc) is 3.26. The summed E-state index contributed by atoms with van der Waals surface area (Å²) in [6.07, 6.45) is -2.78. The van der Waals surface area contributed by atoms with Crippen molar-refractivity contribution in [3.63, 3.8) is 0 Å². The Bertz CT molecular complexity index is 1020. The summed E-state index contributed by atoms with van der Waals surface area (Å²) in [7, 11) is 1.28. The normalized spacial score (nSPS) is 21.8. The summed E-state index contributed by atoms with van der Waals surface area (Å²) in [6, 6.07) is 4.81. The summed E-state index contributed by atoms with van der Waals surface area (Å²) in [6.45, 7) is 6.66. The molecule has 7 nitrogen and oxygen atoms in total. The van der Waals surface area contributed by atoms with Crippen molar-refractivity contribution in [3.05, 3.63) is 41.1 Å². The lowest BCUT2D eigenvalue weighted by atomic mass is 9.76. The number of nitrogens with zero attached hydrogens (tertiary/aromatic N) is 3. The lowest BCUT2D eigenvalue weighted by Gasteiger charge is -2.57. The number of aryl methyl sites for hydroxylation is 1. The number of rotatable bonds is 3. The topological polar surface area (TPSA) is 62.3 Å². The van der Waals surface area contributed by atoms with Crippen molar-refractivity contribution in [2.75, 3.05) is 33.3 Å². The lowest BCUT2D eigenvalue weighted by Crippen LogP contribution is -2.71. The minimum atomic E-state index is -4.44. The van der Waals surface area contributed by atoms with Crippen molar-refractivity contribution in [2.24, 2.45) is 0 Å². The number of hydrogen-bond acceptors (Lipinski definition) is 5. The van der Waals surface area contributed by atoms with Gasteiger partial charge in [0, 0.05) is 31.7 Å². The van der Waals surface area contributed by atoms with Crippen LogP contribution >= 0.6 is 0 Å². The van der Waals surface area contributed by atoms with Gasteiger partial charge in [-0.1, -0.05) is 6.08 Å². The number of methoxy groups -OCH3 is 1. The summed E-state index contributed by atoms with van der Waals surface area (Å²) in [5.74, 6) is 0.580. The molecule has 10 heteroatoms. The molecule has 1 unspecified atom stereocenters. The summed E-state index contributed by atoms with van der Waals surface area (Å²) < 4.78 is 51.6. The standard InChI is InChI=1S/C25H32F3N3O4/c1-16(2)35-19-6-5-18(15-17(19)3)22(32)29-11-9-24(10-12-29)20-7-8-21(25(26,27)28)30(20)13-14-31(24)23(33)34-4/h5-6,8,15-16,20H,7,9-14H2,1-4H3. The van der Waals surface area contributed by atoms with E-state index in [1.807, 2.05) is 20.8 Å². The Morgan fingerprint density at radius 2 is 1.80 bits per heavy atom. The molecule has 3 aliphatic heterocycles. The molecule has 1 aromatic rings. The van der Waals surface area contributed by atoms with Gasteiger partial charge in [0.1, 0.15) is 11.4 Å². The maximum atomic E-state index is 13.6. The molecule has 2 saturated heterocycles. The summed E-state index contributed by atoms with van der Waals surface area (Å²) in [4.78, 5) is 30.6. The zero-order chi connectivity index (χ0) is 25.5. The van der Waals surface area contributed by atoms with Crippen LogP contribution in [0, 0.1) is 6.92 Å². The number of hydrogen-bond donors (Lipinski definition) is 0. The number of alkyl halides is 3. The average molecular weight is 496 g/mol. The highest BCUT2D eigenvalue weighted by Gasteiger charge is 2.57. The maximum Gasteiger partial charge on any atom is 0.430 e. The fraction of sp³-hybridized carbons (Fsp3) is 0.600. The van der Waals surface area contributed by atoms with Crippen molar-refractivity contribution < 1.29 is 32.2 Å². The summed E-state index contributed by atoms with van der Waals surface area (Å²) in [5, 5.41) is 0. The Kier molecular flexibility index (Phi) is 6.68. The largest absolute Gasteiger partial charge is 0.491 e. The number of piperazine rings is 1. The van der Waals surface area contributed by atoms with Gasteiger partial charge in [0.15, 0.2) is 0 Å². The fourth-order valence-electron chi connectivity index (χ4n) is 5.74. The minimum Gasteiger partial charge on any atom is -0.491 e. The molecule has 3 heterocycles. The number of benzene rings is 1. The van der Waals surface area contributed by atoms with E-state index in [2.05, 4.69) is 0 Å². The quantitative estimate of drug-likeness (QED) is 0.624. The Labute approximate surface area is 203 Å². The number of ether oxygens (including phenoxy) is 2. The number of piperidine rings is 1. The third-order valence-electron chi connectivity index (χ3n) is 7.33. The van der Waals surface area contributed by atoms with Gasteiger partial charge in [-0.25, -0.2) is 4.79 Å². The van der Waals surface area contributed by atoms with Crippen LogP contribution in [0.25, 0.3) is 0 Å². The molecular weight excluding hydrogens is 463 g/mol. The Morgan fingerprint density at radius 1 is 1.11 bits per heavy atom. The Balaban J connectivity index is 1.53. The third kappa shape index (κ3) is 4.54. The van der Waals surface area contributed by atoms with E-state index in [9.17, 15) is 22.8 Å². The number of allylic oxidation sites excluding steroid dienone is 1. The molecule has 0 N–H and O–H groups in total. The number of likely N-dealkylation sites (tertiary alicyclic amines) is 1. The van der Waals surface area contributed by atoms with Crippen molar-refractivity contribution >= 4 is 12.0 Å². The molecule has 192 valence electrons. The lowest BCUT2D eigenvalue weighted by molar-refractivity contribution is -0.127. The van der Waals surface area contributed by atoms with Crippen molar-refractivity contribution in [1.82, 2.24) is 14.7 Å². The summed E-state index contributed by atoms with van der Waals surface area (Å²) in [5.41, 5.74) is -0.0820. The summed E-state index contributed by atoms with van der Waals surface area (Å²) >= 11 is 0. The molecule has 1 aromatic carbocycles. The van der Waals surface area contributed by atoms with Gasteiger partial charge >= 0.3 is 12.3 Å². The van der Waals surface area contributed by atoms with Crippen LogP contribution in [-0.2, 0) is 4.74 Å². The van der Waals surface area contributed by atoms with Crippen LogP contribution in [-0.4, -0.2) is 83.9 Å². The second kappa shape index (κ2) is 9.28. The van der Waals surface area contributed by atoms with E-state index in [1.165, 1.54) is 18.1 Å². The van der Waals surface area contributed by atoms with Gasteiger partial charge < -0.3 is 19.3 Å². The van der Waals surface area contributed by atoms with Crippen LogP contribution in [0.2, 0.25) is 0 Å². The molecule has 35 heavy (non-hydrogen) atoms. The molecule has 0 aliphatic carbocycles. The van der Waals surface area contributed by atoms with Crippen molar-refractivity contribution in [3.8, 4) is 5.75 Å². The van der Waals surface area contributed by atoms with E-state index >= 15 is 0 Å². The van der Waals surface area contributed by atoms with Gasteiger partial charge in [0.25, 0.3) is 5.91 Å². The van der Waals surface area contributed by atoms with E-state index in [-0.39, 0.29) is 31.5 Å². The third-order valence-corrected chi connectivity index (χ3v) is 7.33. The van der Waals surface area contributed by atoms with Gasteiger partial charge in [-0.15, -0.1) is 0 Å². The zero-order valence-electron chi connectivity index (χ0n) is 20.5. The van der Waals surface area contributed by atoms with Crippen LogP contribution in [0.5, 0.6) is 5.75 Å². The van der Waals surface area contributed by atoms with E-state index in [1.54, 1.807) is 28.0 Å². The van der Waals surface area contributed by atoms with Gasteiger partial charge in [-0.3, -0.25) is 9.69 Å². The highest BCUT2D eigenvalue weighted by Crippen LogP contribution is 2.47. The minimum absolute atomic E-state index is 0.0179. The second-order valence-corrected chi connectivity index (χ2v) is 9.70. The first-order valence-electron chi connectivity index (χ1n) is 11.9. The molecule has 1 atom stereocenters. The van der Waals surface area contributed by atoms with Gasteiger partial charge in [0.2, 0.25) is 0 Å². The zero-order valence-corrected chi connectivity index (χ0v) is 20.5. The van der Waals surface area contributed by atoms with Gasteiger partial charge in [0.05, 0.1) is 24.8 Å². The van der Waals surface area contributed by atoms with Crippen LogP contribution in [0.15, 0.2) is 30.0 Å². The van der Waals surface area contributed by atoms with Crippen LogP contribution < -0.4 is 4.74 Å². The number of halogens is 3. The molecule has 2 amide bonds. The van der Waals surface area contributed by atoms with Crippen molar-refractivity contribution in [1.29, 1.82) is 0 Å². The molecule has 0 bridgehead atoms.